The first kappa shape index (κ1) is 12.8. The quantitative estimate of drug-likeness (QED) is 0.527. The summed E-state index contributed by atoms with van der Waals surface area (Å²) >= 11 is 0. The van der Waals surface area contributed by atoms with Gasteiger partial charge in [-0.1, -0.05) is 35.4 Å². The Labute approximate surface area is 80.3 Å². The molecule has 0 fully saturated rings. The van der Waals surface area contributed by atoms with Crippen LogP contribution in [0.3, 0.4) is 0 Å². The molecule has 2 unspecified atom stereocenters. The van der Waals surface area contributed by atoms with Crippen LogP contribution in [0.5, 0.6) is 0 Å². The summed E-state index contributed by atoms with van der Waals surface area (Å²) in [7, 11) is 1.57. The fraction of sp³-hybridized carbons (Fsp3) is 1.00. The normalized spacial score (nSPS) is 17.5. The second-order valence-corrected chi connectivity index (χ2v) is 15.3. The van der Waals surface area contributed by atoms with Gasteiger partial charge in [-0.25, -0.2) is 0 Å². The van der Waals surface area contributed by atoms with Crippen LogP contribution in [0.1, 0.15) is 6.92 Å². The fourth-order valence-electron chi connectivity index (χ4n) is 0.644. The molecular formula is C7H21O2PSi2. The molecule has 0 heterocycles. The van der Waals surface area contributed by atoms with Gasteiger partial charge in [0.05, 0.1) is 8.07 Å². The van der Waals surface area contributed by atoms with E-state index in [0.29, 0.717) is 0 Å². The van der Waals surface area contributed by atoms with Crippen LogP contribution in [-0.2, 0) is 8.85 Å². The second-order valence-electron chi connectivity index (χ2n) is 4.22. The smallest absolute Gasteiger partial charge is 0.357 e. The summed E-state index contributed by atoms with van der Waals surface area (Å²) in [5, 5.41) is 0. The zero-order chi connectivity index (χ0) is 9.83. The Morgan fingerprint density at radius 1 is 1.25 bits per heavy atom. The molecule has 0 aromatic carbocycles. The Bertz CT molecular complexity index is 132. The third-order valence-electron chi connectivity index (χ3n) is 1.59. The largest absolute Gasteiger partial charge is 0.395 e. The Kier molecular flexibility index (Phi) is 5.18. The minimum Gasteiger partial charge on any atom is -0.395 e. The summed E-state index contributed by atoms with van der Waals surface area (Å²) in [5.41, 5.74) is 0. The van der Waals surface area contributed by atoms with E-state index in [1.165, 1.54) is 0 Å². The molecule has 2 nitrogen and oxygen atoms in total. The highest BCUT2D eigenvalue weighted by molar-refractivity contribution is 7.65. The van der Waals surface area contributed by atoms with Gasteiger partial charge in [0.25, 0.3) is 0 Å². The monoisotopic (exact) mass is 224 g/mol. The van der Waals surface area contributed by atoms with Crippen molar-refractivity contribution in [2.75, 3.05) is 13.3 Å². The third-order valence-corrected chi connectivity index (χ3v) is 7.63. The maximum atomic E-state index is 5.83. The average molecular weight is 224 g/mol. The lowest BCUT2D eigenvalue weighted by Gasteiger charge is -2.27. The predicted octanol–water partition coefficient (Wildman–Crippen LogP) is 2.36. The summed E-state index contributed by atoms with van der Waals surface area (Å²) in [4.78, 5) is 0. The fourth-order valence-corrected chi connectivity index (χ4v) is 4.71. The van der Waals surface area contributed by atoms with Gasteiger partial charge in [0.2, 0.25) is 0 Å². The van der Waals surface area contributed by atoms with Crippen LogP contribution in [0.25, 0.3) is 0 Å². The van der Waals surface area contributed by atoms with Crippen LogP contribution >= 0.6 is 8.79 Å². The lowest BCUT2D eigenvalue weighted by Crippen LogP contribution is -2.40. The average Bonchev–Trinajstić information content (AvgIpc) is 1.99. The van der Waals surface area contributed by atoms with Crippen LogP contribution in [-0.4, -0.2) is 29.6 Å². The van der Waals surface area contributed by atoms with E-state index in [1.54, 1.807) is 7.11 Å². The maximum absolute atomic E-state index is 5.83. The van der Waals surface area contributed by atoms with Gasteiger partial charge in [0.15, 0.2) is 0 Å². The van der Waals surface area contributed by atoms with E-state index in [0.717, 1.165) is 12.3 Å². The van der Waals surface area contributed by atoms with Crippen molar-refractivity contribution in [3.8, 4) is 0 Å². The standard InChI is InChI=1S/C7H21O2PSi2/c1-6-12(10,8-2)9-7-11(3,4)5/h6-7,10H2,1-5H3. The number of hydrogen-bond donors (Lipinski definition) is 0. The zero-order valence-corrected chi connectivity index (χ0v) is 12.0. The highest BCUT2D eigenvalue weighted by atomic mass is 31.3. The van der Waals surface area contributed by atoms with E-state index in [-0.39, 0.29) is 0 Å². The molecule has 0 saturated heterocycles. The van der Waals surface area contributed by atoms with Gasteiger partial charge in [-0.2, -0.15) is 0 Å². The Morgan fingerprint density at radius 2 is 1.75 bits per heavy atom. The predicted molar refractivity (Wildman–Crippen MR) is 62.3 cm³/mol. The molecular weight excluding hydrogens is 203 g/mol. The van der Waals surface area contributed by atoms with Crippen molar-refractivity contribution in [3.63, 3.8) is 0 Å². The van der Waals surface area contributed by atoms with Crippen molar-refractivity contribution >= 4 is 25.1 Å². The summed E-state index contributed by atoms with van der Waals surface area (Å²) in [6.45, 7) is 9.03. The van der Waals surface area contributed by atoms with Crippen molar-refractivity contribution in [1.82, 2.24) is 0 Å². The third kappa shape index (κ3) is 5.43. The molecule has 0 radical (unpaired) electrons. The molecule has 0 aliphatic carbocycles. The van der Waals surface area contributed by atoms with E-state index in [4.69, 9.17) is 8.85 Å². The van der Waals surface area contributed by atoms with Gasteiger partial charge in [-0.3, -0.25) is 0 Å². The van der Waals surface area contributed by atoms with Crippen molar-refractivity contribution in [1.29, 1.82) is 0 Å². The molecule has 74 valence electrons. The molecule has 0 amide bonds. The molecule has 0 aromatic rings. The molecule has 0 aliphatic rings. The van der Waals surface area contributed by atoms with Crippen molar-refractivity contribution in [2.45, 2.75) is 32.6 Å². The van der Waals surface area contributed by atoms with Gasteiger partial charge in [0, 0.05) is 13.3 Å². The molecule has 0 aromatic heterocycles. The van der Waals surface area contributed by atoms with Crippen LogP contribution < -0.4 is 0 Å². The van der Waals surface area contributed by atoms with Gasteiger partial charge >= 0.3 is 8.23 Å². The van der Waals surface area contributed by atoms with Gasteiger partial charge in [-0.15, -0.1) is 0 Å². The molecule has 12 heavy (non-hydrogen) atoms. The van der Waals surface area contributed by atoms with Crippen LogP contribution in [0.4, 0.5) is 0 Å². The summed E-state index contributed by atoms with van der Waals surface area (Å²) in [5.74, 6) is 0. The van der Waals surface area contributed by atoms with Gasteiger partial charge in [0.1, 0.15) is 0 Å². The number of rotatable bonds is 5. The minimum absolute atomic E-state index is 0.907. The van der Waals surface area contributed by atoms with E-state index < -0.39 is 16.3 Å². The lowest BCUT2D eigenvalue weighted by atomic mass is 11.0. The number of hydrogen-bond acceptors (Lipinski definition) is 2. The van der Waals surface area contributed by atoms with E-state index in [1.807, 2.05) is 0 Å². The van der Waals surface area contributed by atoms with E-state index >= 15 is 0 Å². The molecule has 0 spiro atoms. The molecule has 5 heteroatoms. The van der Waals surface area contributed by atoms with Crippen LogP contribution in [0.15, 0.2) is 0 Å². The highest BCUT2D eigenvalue weighted by Gasteiger charge is 2.30. The van der Waals surface area contributed by atoms with Crippen molar-refractivity contribution < 1.29 is 8.85 Å². The minimum atomic E-state index is -1.86. The highest BCUT2D eigenvalue weighted by Crippen LogP contribution is 2.21. The van der Waals surface area contributed by atoms with Crippen LogP contribution in [0, 0.1) is 0 Å². The topological polar surface area (TPSA) is 18.5 Å². The second kappa shape index (κ2) is 4.86. The molecule has 0 rings (SSSR count). The summed E-state index contributed by atoms with van der Waals surface area (Å²) in [6, 6.07) is 0.999. The Balaban J connectivity index is 3.89. The summed E-state index contributed by atoms with van der Waals surface area (Å²) in [6.07, 6.45) is 0.907. The Morgan fingerprint density at radius 3 is 2.00 bits per heavy atom. The van der Waals surface area contributed by atoms with Crippen molar-refractivity contribution in [3.05, 3.63) is 0 Å². The van der Waals surface area contributed by atoms with E-state index in [9.17, 15) is 0 Å². The first-order valence-corrected chi connectivity index (χ1v) is 11.8. The molecule has 0 N–H and O–H groups in total. The molecule has 0 saturated carbocycles. The van der Waals surface area contributed by atoms with Gasteiger partial charge in [-0.05, 0) is 6.04 Å². The van der Waals surface area contributed by atoms with Gasteiger partial charge < -0.3 is 8.85 Å². The van der Waals surface area contributed by atoms with Crippen LogP contribution in [0.2, 0.25) is 25.7 Å². The Hall–Kier alpha value is 0.784. The summed E-state index contributed by atoms with van der Waals surface area (Å²) < 4.78 is 11.2. The van der Waals surface area contributed by atoms with E-state index in [2.05, 4.69) is 35.4 Å². The lowest BCUT2D eigenvalue weighted by molar-refractivity contribution is 0.252. The first-order valence-electron chi connectivity index (χ1n) is 4.31. The molecule has 2 atom stereocenters. The molecule has 0 aliphatic heterocycles. The zero-order valence-electron chi connectivity index (χ0n) is 8.81. The first-order chi connectivity index (χ1) is 5.33. The maximum Gasteiger partial charge on any atom is 0.357 e. The molecule has 0 bridgehead atoms. The van der Waals surface area contributed by atoms with Crippen molar-refractivity contribution in [2.24, 2.45) is 0 Å². The SMILES string of the molecule is CC[Si](P)(OC)OC[Si](C)(C)C.